The van der Waals surface area contributed by atoms with E-state index in [-0.39, 0.29) is 18.2 Å². The van der Waals surface area contributed by atoms with Crippen LogP contribution in [0.4, 0.5) is 13.2 Å². The maximum Gasteiger partial charge on any atom is 0.416 e. The number of pyridine rings is 1. The molecule has 6 nitrogen and oxygen atoms in total. The van der Waals surface area contributed by atoms with Crippen LogP contribution in [-0.2, 0) is 17.5 Å². The van der Waals surface area contributed by atoms with E-state index >= 15 is 0 Å². The molecule has 2 unspecified atom stereocenters. The monoisotopic (exact) mass is 430 g/mol. The number of aliphatic hydroxyl groups excluding tert-OH is 1. The van der Waals surface area contributed by atoms with Crippen LogP contribution < -0.4 is 5.32 Å². The number of halogens is 3. The van der Waals surface area contributed by atoms with Gasteiger partial charge in [0.1, 0.15) is 5.52 Å². The number of rotatable bonds is 4. The van der Waals surface area contributed by atoms with Crippen LogP contribution in [0.5, 0.6) is 0 Å². The van der Waals surface area contributed by atoms with Crippen molar-refractivity contribution in [2.45, 2.75) is 43.6 Å². The fourth-order valence-electron chi connectivity index (χ4n) is 4.61. The average molecular weight is 430 g/mol. The topological polar surface area (TPSA) is 80.0 Å². The van der Waals surface area contributed by atoms with Crippen LogP contribution in [0.3, 0.4) is 0 Å². The quantitative estimate of drug-likeness (QED) is 0.665. The number of Topliss-reactive ketones (excluding diaryl/α,β-unsaturated/α-hetero) is 1. The molecule has 162 valence electrons. The van der Waals surface area contributed by atoms with E-state index in [1.807, 2.05) is 0 Å². The van der Waals surface area contributed by atoms with Crippen LogP contribution in [0.15, 0.2) is 42.9 Å². The standard InChI is InChI=1S/C22H21F3N4O2/c23-22(24,25)15-4-1-3-13(7-15)14-8-17-20(26-10-14)29(12-27-17)11-18(30)16-9-21(16)19(31)5-2-6-28-21/h1,3-4,7-8,10,12,16,19,28,31H,2,5-6,9,11H2/t16?,19-,21?/m0/s1. The molecule has 3 aromatic rings. The molecular formula is C22H21F3N4O2. The molecule has 9 heteroatoms. The van der Waals surface area contributed by atoms with Gasteiger partial charge in [0.25, 0.3) is 0 Å². The fourth-order valence-corrected chi connectivity index (χ4v) is 4.61. The number of hydrogen-bond acceptors (Lipinski definition) is 5. The molecule has 2 aromatic heterocycles. The maximum atomic E-state index is 13.0. The van der Waals surface area contributed by atoms with Gasteiger partial charge < -0.3 is 15.0 Å². The first kappa shape index (κ1) is 20.1. The lowest BCUT2D eigenvalue weighted by molar-refractivity contribution is -0.137. The van der Waals surface area contributed by atoms with Gasteiger partial charge in [0.15, 0.2) is 11.4 Å². The molecule has 31 heavy (non-hydrogen) atoms. The highest BCUT2D eigenvalue weighted by Crippen LogP contribution is 2.49. The molecule has 0 radical (unpaired) electrons. The Morgan fingerprint density at radius 1 is 1.26 bits per heavy atom. The van der Waals surface area contributed by atoms with Gasteiger partial charge in [0, 0.05) is 17.7 Å². The summed E-state index contributed by atoms with van der Waals surface area (Å²) in [6, 6.07) is 6.73. The fraction of sp³-hybridized carbons (Fsp3) is 0.409. The van der Waals surface area contributed by atoms with Crippen LogP contribution >= 0.6 is 0 Å². The smallest absolute Gasteiger partial charge is 0.391 e. The third-order valence-electron chi connectivity index (χ3n) is 6.40. The summed E-state index contributed by atoms with van der Waals surface area (Å²) in [5.41, 5.74) is 0.701. The van der Waals surface area contributed by atoms with Gasteiger partial charge >= 0.3 is 6.18 Å². The van der Waals surface area contributed by atoms with Crippen LogP contribution in [-0.4, -0.2) is 43.6 Å². The van der Waals surface area contributed by atoms with Crippen molar-refractivity contribution < 1.29 is 23.1 Å². The normalized spacial score (nSPS) is 25.8. The Labute approximate surface area is 176 Å². The molecule has 5 rings (SSSR count). The Morgan fingerprint density at radius 2 is 2.10 bits per heavy atom. The predicted molar refractivity (Wildman–Crippen MR) is 107 cm³/mol. The number of piperidine rings is 1. The number of nitrogens with one attached hydrogen (secondary N) is 1. The van der Waals surface area contributed by atoms with Gasteiger partial charge in [-0.2, -0.15) is 13.2 Å². The number of fused-ring (bicyclic) bond motifs is 1. The number of ketones is 1. The predicted octanol–water partition coefficient (Wildman–Crippen LogP) is 3.19. The highest BCUT2D eigenvalue weighted by atomic mass is 19.4. The van der Waals surface area contributed by atoms with Crippen molar-refractivity contribution in [3.8, 4) is 11.1 Å². The number of imidazole rings is 1. The highest BCUT2D eigenvalue weighted by Gasteiger charge is 2.62. The van der Waals surface area contributed by atoms with Crippen molar-refractivity contribution >= 4 is 16.9 Å². The summed E-state index contributed by atoms with van der Waals surface area (Å²) in [4.78, 5) is 21.5. The van der Waals surface area contributed by atoms with Crippen molar-refractivity contribution in [2.75, 3.05) is 6.54 Å². The Kier molecular flexibility index (Phi) is 4.63. The van der Waals surface area contributed by atoms with Crippen molar-refractivity contribution in [2.24, 2.45) is 5.92 Å². The second-order valence-electron chi connectivity index (χ2n) is 8.37. The van der Waals surface area contributed by atoms with Crippen molar-refractivity contribution in [3.63, 3.8) is 0 Å². The van der Waals surface area contributed by atoms with Gasteiger partial charge in [-0.05, 0) is 49.6 Å². The van der Waals surface area contributed by atoms with Crippen molar-refractivity contribution in [1.29, 1.82) is 0 Å². The summed E-state index contributed by atoms with van der Waals surface area (Å²) >= 11 is 0. The molecule has 2 fully saturated rings. The van der Waals surface area contributed by atoms with E-state index in [1.54, 1.807) is 16.7 Å². The molecule has 3 heterocycles. The number of carbonyl (C=O) groups is 1. The number of carbonyl (C=O) groups excluding carboxylic acids is 1. The third kappa shape index (κ3) is 3.51. The number of aromatic nitrogens is 3. The Bertz CT molecular complexity index is 1160. The average Bonchev–Trinajstić information content (AvgIpc) is 3.35. The first-order valence-corrected chi connectivity index (χ1v) is 10.2. The minimum absolute atomic E-state index is 0.0107. The molecule has 1 aromatic carbocycles. The largest absolute Gasteiger partial charge is 0.416 e. The van der Waals surface area contributed by atoms with Gasteiger partial charge in [-0.3, -0.25) is 4.79 Å². The lowest BCUT2D eigenvalue weighted by atomic mass is 9.95. The van der Waals surface area contributed by atoms with Gasteiger partial charge in [-0.25, -0.2) is 9.97 Å². The van der Waals surface area contributed by atoms with E-state index in [0.717, 1.165) is 25.1 Å². The minimum atomic E-state index is -4.42. The van der Waals surface area contributed by atoms with E-state index in [0.29, 0.717) is 35.1 Å². The van der Waals surface area contributed by atoms with Gasteiger partial charge in [0.05, 0.1) is 30.1 Å². The zero-order valence-electron chi connectivity index (χ0n) is 16.6. The number of benzene rings is 1. The van der Waals surface area contributed by atoms with Crippen LogP contribution in [0, 0.1) is 5.92 Å². The van der Waals surface area contributed by atoms with Gasteiger partial charge in [0.2, 0.25) is 0 Å². The van der Waals surface area contributed by atoms with Crippen LogP contribution in [0.1, 0.15) is 24.8 Å². The zero-order chi connectivity index (χ0) is 21.8. The Balaban J connectivity index is 1.36. The molecule has 0 bridgehead atoms. The summed E-state index contributed by atoms with van der Waals surface area (Å²) in [5.74, 6) is -0.221. The number of alkyl halides is 3. The SMILES string of the molecule is O=C(Cn1cnc2cc(-c3cccc(C(F)(F)F)c3)cnc21)C1CC12NCCC[C@@H]2O. The Hall–Kier alpha value is -2.78. The molecule has 3 atom stereocenters. The molecule has 1 aliphatic heterocycles. The summed E-state index contributed by atoms with van der Waals surface area (Å²) in [6.07, 6.45) is 0.307. The zero-order valence-corrected chi connectivity index (χ0v) is 16.6. The van der Waals surface area contributed by atoms with Crippen LogP contribution in [0.2, 0.25) is 0 Å². The molecule has 1 aliphatic carbocycles. The van der Waals surface area contributed by atoms with E-state index < -0.39 is 23.4 Å². The minimum Gasteiger partial charge on any atom is -0.391 e. The van der Waals surface area contributed by atoms with E-state index in [1.165, 1.54) is 18.6 Å². The Morgan fingerprint density at radius 3 is 2.87 bits per heavy atom. The number of aliphatic hydroxyl groups is 1. The first-order valence-electron chi connectivity index (χ1n) is 10.2. The van der Waals surface area contributed by atoms with Crippen LogP contribution in [0.25, 0.3) is 22.3 Å². The molecule has 2 aliphatic rings. The van der Waals surface area contributed by atoms with Crippen molar-refractivity contribution in [1.82, 2.24) is 19.9 Å². The lowest BCUT2D eigenvalue weighted by Crippen LogP contribution is -2.49. The highest BCUT2D eigenvalue weighted by molar-refractivity contribution is 5.87. The summed E-state index contributed by atoms with van der Waals surface area (Å²) in [7, 11) is 0. The molecule has 1 saturated heterocycles. The molecular weight excluding hydrogens is 409 g/mol. The molecule has 1 spiro atoms. The second kappa shape index (κ2) is 7.13. The summed E-state index contributed by atoms with van der Waals surface area (Å²) in [6.45, 7) is 0.891. The first-order chi connectivity index (χ1) is 14.8. The lowest BCUT2D eigenvalue weighted by Gasteiger charge is -2.30. The third-order valence-corrected chi connectivity index (χ3v) is 6.40. The maximum absolute atomic E-state index is 13.0. The van der Waals surface area contributed by atoms with Crippen molar-refractivity contribution in [3.05, 3.63) is 48.4 Å². The molecule has 2 N–H and O–H groups in total. The number of nitrogens with zero attached hydrogens (tertiary/aromatic N) is 3. The van der Waals surface area contributed by atoms with E-state index in [9.17, 15) is 23.1 Å². The van der Waals surface area contributed by atoms with E-state index in [4.69, 9.17) is 0 Å². The second-order valence-corrected chi connectivity index (χ2v) is 8.37. The molecule has 0 amide bonds. The molecule has 1 saturated carbocycles. The van der Waals surface area contributed by atoms with Gasteiger partial charge in [-0.15, -0.1) is 0 Å². The van der Waals surface area contributed by atoms with E-state index in [2.05, 4.69) is 15.3 Å². The number of hydrogen-bond donors (Lipinski definition) is 2. The summed E-state index contributed by atoms with van der Waals surface area (Å²) < 4.78 is 40.7. The summed E-state index contributed by atoms with van der Waals surface area (Å²) in [5, 5.41) is 13.6. The van der Waals surface area contributed by atoms with Gasteiger partial charge in [-0.1, -0.05) is 12.1 Å².